The van der Waals surface area contributed by atoms with Crippen molar-refractivity contribution in [3.63, 3.8) is 0 Å². The summed E-state index contributed by atoms with van der Waals surface area (Å²) >= 11 is 0. The van der Waals surface area contributed by atoms with Gasteiger partial charge in [0, 0.05) is 12.2 Å². The second-order valence-electron chi connectivity index (χ2n) is 5.73. The number of hydrogen-bond donors (Lipinski definition) is 2. The van der Waals surface area contributed by atoms with Gasteiger partial charge >= 0.3 is 0 Å². The SMILES string of the molecule is CC(C)CCOc1ccc(NC(=O)C2CCNC2)cc1.Cl. The van der Waals surface area contributed by atoms with Gasteiger partial charge in [-0.2, -0.15) is 0 Å². The van der Waals surface area contributed by atoms with Crippen molar-refractivity contribution < 1.29 is 9.53 Å². The summed E-state index contributed by atoms with van der Waals surface area (Å²) in [6.45, 7) is 6.81. The molecule has 21 heavy (non-hydrogen) atoms. The maximum Gasteiger partial charge on any atom is 0.228 e. The van der Waals surface area contributed by atoms with E-state index in [1.165, 1.54) is 0 Å². The monoisotopic (exact) mass is 312 g/mol. The summed E-state index contributed by atoms with van der Waals surface area (Å²) in [6, 6.07) is 7.60. The Bertz CT molecular complexity index is 428. The van der Waals surface area contributed by atoms with Crippen LogP contribution >= 0.6 is 12.4 Å². The molecule has 1 amide bonds. The summed E-state index contributed by atoms with van der Waals surface area (Å²) in [7, 11) is 0. The molecule has 0 aliphatic carbocycles. The molecule has 1 saturated heterocycles. The first-order valence-electron chi connectivity index (χ1n) is 7.39. The van der Waals surface area contributed by atoms with Crippen LogP contribution in [-0.2, 0) is 4.79 Å². The summed E-state index contributed by atoms with van der Waals surface area (Å²) in [5.41, 5.74) is 0.832. The second kappa shape index (κ2) is 8.90. The predicted molar refractivity (Wildman–Crippen MR) is 88.2 cm³/mol. The molecule has 1 aliphatic rings. The van der Waals surface area contributed by atoms with Crippen LogP contribution in [0.2, 0.25) is 0 Å². The third-order valence-electron chi connectivity index (χ3n) is 3.52. The molecule has 1 fully saturated rings. The molecule has 0 radical (unpaired) electrons. The number of halogens is 1. The average molecular weight is 313 g/mol. The highest BCUT2D eigenvalue weighted by Crippen LogP contribution is 2.18. The van der Waals surface area contributed by atoms with Gasteiger partial charge in [-0.3, -0.25) is 4.79 Å². The van der Waals surface area contributed by atoms with Crippen LogP contribution in [-0.4, -0.2) is 25.6 Å². The van der Waals surface area contributed by atoms with E-state index in [0.717, 1.165) is 44.0 Å². The molecule has 1 unspecified atom stereocenters. The molecule has 1 aromatic rings. The zero-order chi connectivity index (χ0) is 14.4. The number of benzene rings is 1. The molecule has 0 bridgehead atoms. The lowest BCUT2D eigenvalue weighted by Crippen LogP contribution is -2.24. The van der Waals surface area contributed by atoms with E-state index in [2.05, 4.69) is 24.5 Å². The van der Waals surface area contributed by atoms with Gasteiger partial charge in [-0.15, -0.1) is 12.4 Å². The minimum atomic E-state index is 0. The molecule has 0 spiro atoms. The van der Waals surface area contributed by atoms with Crippen LogP contribution in [0.1, 0.15) is 26.7 Å². The van der Waals surface area contributed by atoms with Crippen molar-refractivity contribution in [3.05, 3.63) is 24.3 Å². The van der Waals surface area contributed by atoms with Crippen molar-refractivity contribution in [2.75, 3.05) is 25.0 Å². The highest BCUT2D eigenvalue weighted by atomic mass is 35.5. The number of amides is 1. The standard InChI is InChI=1S/C16H24N2O2.ClH/c1-12(2)8-10-20-15-5-3-14(4-6-15)18-16(19)13-7-9-17-11-13;/h3-6,12-13,17H,7-11H2,1-2H3,(H,18,19);1H. The van der Waals surface area contributed by atoms with Crippen LogP contribution in [0.25, 0.3) is 0 Å². The number of anilines is 1. The van der Waals surface area contributed by atoms with Gasteiger partial charge in [-0.05, 0) is 49.6 Å². The summed E-state index contributed by atoms with van der Waals surface area (Å²) in [4.78, 5) is 12.0. The maximum atomic E-state index is 12.0. The number of hydrogen-bond acceptors (Lipinski definition) is 3. The Labute approximate surface area is 133 Å². The lowest BCUT2D eigenvalue weighted by molar-refractivity contribution is -0.119. The fraction of sp³-hybridized carbons (Fsp3) is 0.562. The van der Waals surface area contributed by atoms with Crippen LogP contribution in [0.3, 0.4) is 0 Å². The molecule has 4 nitrogen and oxygen atoms in total. The Morgan fingerprint density at radius 2 is 2.10 bits per heavy atom. The Hall–Kier alpha value is -1.26. The molecule has 1 aliphatic heterocycles. The average Bonchev–Trinajstić information content (AvgIpc) is 2.94. The second-order valence-corrected chi connectivity index (χ2v) is 5.73. The summed E-state index contributed by atoms with van der Waals surface area (Å²) in [6.07, 6.45) is 1.97. The van der Waals surface area contributed by atoms with E-state index in [1.54, 1.807) is 0 Å². The first kappa shape index (κ1) is 17.8. The molecule has 2 N–H and O–H groups in total. The summed E-state index contributed by atoms with van der Waals surface area (Å²) in [5, 5.41) is 6.15. The number of ether oxygens (including phenoxy) is 1. The fourth-order valence-electron chi connectivity index (χ4n) is 2.17. The number of carbonyl (C=O) groups is 1. The van der Waals surface area contributed by atoms with Crippen molar-refractivity contribution in [2.24, 2.45) is 11.8 Å². The number of carbonyl (C=O) groups excluding carboxylic acids is 1. The molecule has 0 aromatic heterocycles. The van der Waals surface area contributed by atoms with Crippen molar-refractivity contribution in [1.82, 2.24) is 5.32 Å². The largest absolute Gasteiger partial charge is 0.494 e. The van der Waals surface area contributed by atoms with Crippen molar-refractivity contribution in [3.8, 4) is 5.75 Å². The van der Waals surface area contributed by atoms with E-state index in [0.29, 0.717) is 5.92 Å². The van der Waals surface area contributed by atoms with E-state index < -0.39 is 0 Å². The third kappa shape index (κ3) is 5.94. The van der Waals surface area contributed by atoms with Crippen molar-refractivity contribution in [2.45, 2.75) is 26.7 Å². The number of nitrogens with one attached hydrogen (secondary N) is 2. The molecular weight excluding hydrogens is 288 g/mol. The molecule has 2 rings (SSSR count). The van der Waals surface area contributed by atoms with Gasteiger partial charge in [0.05, 0.1) is 12.5 Å². The van der Waals surface area contributed by atoms with E-state index in [4.69, 9.17) is 4.74 Å². The van der Waals surface area contributed by atoms with Crippen LogP contribution < -0.4 is 15.4 Å². The normalized spacial score (nSPS) is 17.4. The zero-order valence-electron chi connectivity index (χ0n) is 12.7. The Morgan fingerprint density at radius 3 is 2.67 bits per heavy atom. The molecule has 0 saturated carbocycles. The summed E-state index contributed by atoms with van der Waals surface area (Å²) in [5.74, 6) is 1.69. The smallest absolute Gasteiger partial charge is 0.228 e. The van der Waals surface area contributed by atoms with E-state index in [9.17, 15) is 4.79 Å². The molecule has 1 aromatic carbocycles. The van der Waals surface area contributed by atoms with Crippen LogP contribution in [0, 0.1) is 11.8 Å². The Kier molecular flexibility index (Phi) is 7.54. The van der Waals surface area contributed by atoms with E-state index in [-0.39, 0.29) is 24.2 Å². The fourth-order valence-corrected chi connectivity index (χ4v) is 2.17. The van der Waals surface area contributed by atoms with Crippen molar-refractivity contribution >= 4 is 24.0 Å². The highest BCUT2D eigenvalue weighted by molar-refractivity contribution is 5.92. The topological polar surface area (TPSA) is 50.4 Å². The molecule has 5 heteroatoms. The first-order chi connectivity index (χ1) is 9.65. The highest BCUT2D eigenvalue weighted by Gasteiger charge is 2.22. The van der Waals surface area contributed by atoms with Gasteiger partial charge in [0.1, 0.15) is 5.75 Å². The van der Waals surface area contributed by atoms with Crippen LogP contribution in [0.15, 0.2) is 24.3 Å². The van der Waals surface area contributed by atoms with Gasteiger partial charge in [0.2, 0.25) is 5.91 Å². The maximum absolute atomic E-state index is 12.0. The first-order valence-corrected chi connectivity index (χ1v) is 7.39. The molecule has 118 valence electrons. The minimum absolute atomic E-state index is 0. The quantitative estimate of drug-likeness (QED) is 0.848. The molecule has 1 heterocycles. The lowest BCUT2D eigenvalue weighted by atomic mass is 10.1. The van der Waals surface area contributed by atoms with Gasteiger partial charge in [-0.25, -0.2) is 0 Å². The Morgan fingerprint density at radius 1 is 1.38 bits per heavy atom. The predicted octanol–water partition coefficient (Wildman–Crippen LogP) is 3.08. The van der Waals surface area contributed by atoms with Gasteiger partial charge in [0.25, 0.3) is 0 Å². The molecule has 1 atom stereocenters. The van der Waals surface area contributed by atoms with Crippen LogP contribution in [0.4, 0.5) is 5.69 Å². The van der Waals surface area contributed by atoms with Gasteiger partial charge < -0.3 is 15.4 Å². The third-order valence-corrected chi connectivity index (χ3v) is 3.52. The zero-order valence-corrected chi connectivity index (χ0v) is 13.5. The lowest BCUT2D eigenvalue weighted by Gasteiger charge is -2.11. The molecular formula is C16H25ClN2O2. The van der Waals surface area contributed by atoms with E-state index >= 15 is 0 Å². The minimum Gasteiger partial charge on any atom is -0.494 e. The van der Waals surface area contributed by atoms with E-state index in [1.807, 2.05) is 24.3 Å². The van der Waals surface area contributed by atoms with Gasteiger partial charge in [-0.1, -0.05) is 13.8 Å². The Balaban J connectivity index is 0.00000220. The number of rotatable bonds is 6. The van der Waals surface area contributed by atoms with Gasteiger partial charge in [0.15, 0.2) is 0 Å². The van der Waals surface area contributed by atoms with Crippen LogP contribution in [0.5, 0.6) is 5.75 Å². The summed E-state index contributed by atoms with van der Waals surface area (Å²) < 4.78 is 5.65. The van der Waals surface area contributed by atoms with Crippen molar-refractivity contribution in [1.29, 1.82) is 0 Å².